The fourth-order valence-electron chi connectivity index (χ4n) is 2.30. The van der Waals surface area contributed by atoms with Gasteiger partial charge in [-0.2, -0.15) is 0 Å². The van der Waals surface area contributed by atoms with Crippen LogP contribution < -0.4 is 5.73 Å². The Morgan fingerprint density at radius 1 is 1.12 bits per heavy atom. The second-order valence-electron chi connectivity index (χ2n) is 5.05. The number of benzene rings is 1. The Bertz CT molecular complexity index is 293. The average Bonchev–Trinajstić information content (AvgIpc) is 2.17. The van der Waals surface area contributed by atoms with Gasteiger partial charge in [-0.05, 0) is 25.5 Å². The van der Waals surface area contributed by atoms with E-state index in [-0.39, 0.29) is 6.04 Å². The summed E-state index contributed by atoms with van der Waals surface area (Å²) >= 11 is 0. The zero-order valence-corrected chi connectivity index (χ0v) is 10.9. The van der Waals surface area contributed by atoms with Gasteiger partial charge in [-0.3, -0.25) is 4.90 Å². The van der Waals surface area contributed by atoms with E-state index < -0.39 is 0 Å². The Labute approximate surface area is 99.5 Å². The van der Waals surface area contributed by atoms with Crippen LogP contribution in [0.4, 0.5) is 0 Å². The van der Waals surface area contributed by atoms with Crippen molar-refractivity contribution in [1.82, 2.24) is 4.90 Å². The molecular weight excluding hydrogens is 196 g/mol. The quantitative estimate of drug-likeness (QED) is 0.826. The van der Waals surface area contributed by atoms with E-state index in [2.05, 4.69) is 57.0 Å². The van der Waals surface area contributed by atoms with E-state index in [0.717, 1.165) is 6.54 Å². The van der Waals surface area contributed by atoms with Crippen molar-refractivity contribution in [3.63, 3.8) is 0 Å². The van der Waals surface area contributed by atoms with Gasteiger partial charge in [0.1, 0.15) is 0 Å². The Hall–Kier alpha value is -0.860. The first-order chi connectivity index (χ1) is 7.52. The summed E-state index contributed by atoms with van der Waals surface area (Å²) in [6.07, 6.45) is 0. The maximum absolute atomic E-state index is 6.10. The van der Waals surface area contributed by atoms with E-state index in [1.165, 1.54) is 5.56 Å². The zero-order valence-electron chi connectivity index (χ0n) is 10.9. The van der Waals surface area contributed by atoms with Crippen molar-refractivity contribution >= 4 is 0 Å². The number of nitrogens with zero attached hydrogens (tertiary/aromatic N) is 1. The first-order valence-electron chi connectivity index (χ1n) is 6.03. The summed E-state index contributed by atoms with van der Waals surface area (Å²) in [4.78, 5) is 2.35. The van der Waals surface area contributed by atoms with Crippen LogP contribution in [0.15, 0.2) is 30.3 Å². The fraction of sp³-hybridized carbons (Fsp3) is 0.571. The molecule has 2 heteroatoms. The molecule has 2 nitrogen and oxygen atoms in total. The molecule has 0 heterocycles. The van der Waals surface area contributed by atoms with Gasteiger partial charge in [0.2, 0.25) is 0 Å². The molecule has 2 atom stereocenters. The number of hydrogen-bond acceptors (Lipinski definition) is 2. The molecule has 16 heavy (non-hydrogen) atoms. The predicted octanol–water partition coefficient (Wildman–Crippen LogP) is 2.66. The highest BCUT2D eigenvalue weighted by Gasteiger charge is 2.21. The van der Waals surface area contributed by atoms with Crippen LogP contribution in [0.2, 0.25) is 0 Å². The molecule has 0 saturated carbocycles. The van der Waals surface area contributed by atoms with Gasteiger partial charge in [0.05, 0.1) is 0 Å². The van der Waals surface area contributed by atoms with Gasteiger partial charge in [-0.25, -0.2) is 0 Å². The molecule has 0 aliphatic rings. The summed E-state index contributed by atoms with van der Waals surface area (Å²) in [6, 6.07) is 11.0. The van der Waals surface area contributed by atoms with Crippen molar-refractivity contribution in [2.24, 2.45) is 11.7 Å². The smallest absolute Gasteiger partial charge is 0.0493 e. The number of nitrogens with two attached hydrogens (primary N) is 1. The van der Waals surface area contributed by atoms with E-state index in [1.54, 1.807) is 0 Å². The predicted molar refractivity (Wildman–Crippen MR) is 70.3 cm³/mol. The van der Waals surface area contributed by atoms with Crippen LogP contribution >= 0.6 is 0 Å². The maximum atomic E-state index is 6.10. The highest BCUT2D eigenvalue weighted by molar-refractivity contribution is 5.20. The molecule has 1 rings (SSSR count). The highest BCUT2D eigenvalue weighted by atomic mass is 15.1. The zero-order chi connectivity index (χ0) is 12.1. The van der Waals surface area contributed by atoms with Gasteiger partial charge in [-0.1, -0.05) is 44.2 Å². The molecule has 0 saturated heterocycles. The summed E-state index contributed by atoms with van der Waals surface area (Å²) in [7, 11) is 2.15. The third kappa shape index (κ3) is 3.62. The summed E-state index contributed by atoms with van der Waals surface area (Å²) in [6.45, 7) is 7.62. The van der Waals surface area contributed by atoms with Crippen molar-refractivity contribution < 1.29 is 0 Å². The third-order valence-corrected chi connectivity index (χ3v) is 2.77. The molecule has 0 aliphatic carbocycles. The van der Waals surface area contributed by atoms with E-state index in [9.17, 15) is 0 Å². The molecule has 0 amide bonds. The van der Waals surface area contributed by atoms with E-state index in [1.807, 2.05) is 6.07 Å². The second kappa shape index (κ2) is 6.02. The van der Waals surface area contributed by atoms with Crippen LogP contribution in [0.5, 0.6) is 0 Å². The van der Waals surface area contributed by atoms with Crippen LogP contribution in [0, 0.1) is 5.92 Å². The molecule has 1 aromatic carbocycles. The van der Waals surface area contributed by atoms with Crippen molar-refractivity contribution in [1.29, 1.82) is 0 Å². The molecule has 90 valence electrons. The molecule has 0 spiro atoms. The lowest BCUT2D eigenvalue weighted by Gasteiger charge is -2.32. The topological polar surface area (TPSA) is 29.3 Å². The van der Waals surface area contributed by atoms with Crippen molar-refractivity contribution in [2.75, 3.05) is 13.6 Å². The van der Waals surface area contributed by atoms with Crippen LogP contribution in [0.3, 0.4) is 0 Å². The number of rotatable bonds is 5. The van der Waals surface area contributed by atoms with Gasteiger partial charge in [-0.15, -0.1) is 0 Å². The van der Waals surface area contributed by atoms with Gasteiger partial charge < -0.3 is 5.73 Å². The molecule has 0 bridgehead atoms. The number of hydrogen-bond donors (Lipinski definition) is 1. The molecule has 0 aliphatic heterocycles. The lowest BCUT2D eigenvalue weighted by atomic mass is 9.99. The normalized spacial score (nSPS) is 15.4. The van der Waals surface area contributed by atoms with Gasteiger partial charge in [0.25, 0.3) is 0 Å². The summed E-state index contributed by atoms with van der Waals surface area (Å²) < 4.78 is 0. The highest BCUT2D eigenvalue weighted by Crippen LogP contribution is 2.22. The first kappa shape index (κ1) is 13.2. The molecule has 0 aromatic heterocycles. The molecule has 2 N–H and O–H groups in total. The fourth-order valence-corrected chi connectivity index (χ4v) is 2.30. The molecular formula is C14H24N2. The average molecular weight is 220 g/mol. The van der Waals surface area contributed by atoms with Crippen molar-refractivity contribution in [3.8, 4) is 0 Å². The largest absolute Gasteiger partial charge is 0.326 e. The van der Waals surface area contributed by atoms with Gasteiger partial charge in [0.15, 0.2) is 0 Å². The third-order valence-electron chi connectivity index (χ3n) is 2.77. The first-order valence-corrected chi connectivity index (χ1v) is 6.03. The lowest BCUT2D eigenvalue weighted by Crippen LogP contribution is -2.38. The van der Waals surface area contributed by atoms with E-state index >= 15 is 0 Å². The number of likely N-dealkylation sites (N-methyl/N-ethyl adjacent to an activating group) is 1. The van der Waals surface area contributed by atoms with E-state index in [4.69, 9.17) is 5.73 Å². The van der Waals surface area contributed by atoms with Crippen LogP contribution in [-0.4, -0.2) is 24.5 Å². The monoisotopic (exact) mass is 220 g/mol. The summed E-state index contributed by atoms with van der Waals surface area (Å²) in [5.41, 5.74) is 7.41. The van der Waals surface area contributed by atoms with Crippen LogP contribution in [0.1, 0.15) is 32.4 Å². The van der Waals surface area contributed by atoms with E-state index in [0.29, 0.717) is 12.0 Å². The Morgan fingerprint density at radius 3 is 2.12 bits per heavy atom. The van der Waals surface area contributed by atoms with Crippen molar-refractivity contribution in [2.45, 2.75) is 32.9 Å². The second-order valence-corrected chi connectivity index (χ2v) is 5.05. The van der Waals surface area contributed by atoms with Gasteiger partial charge >= 0.3 is 0 Å². The SMILES string of the molecule is CC(C)CN(C)C(c1ccccc1)C(C)N. The summed E-state index contributed by atoms with van der Waals surface area (Å²) in [5, 5.41) is 0. The molecule has 0 fully saturated rings. The Kier molecular flexibility index (Phi) is 4.97. The maximum Gasteiger partial charge on any atom is 0.0493 e. The van der Waals surface area contributed by atoms with Crippen LogP contribution in [-0.2, 0) is 0 Å². The Morgan fingerprint density at radius 2 is 1.69 bits per heavy atom. The standard InChI is InChI=1S/C14H24N2/c1-11(2)10-16(4)14(12(3)15)13-8-6-5-7-9-13/h5-9,11-12,14H,10,15H2,1-4H3. The minimum absolute atomic E-state index is 0.145. The molecule has 1 aromatic rings. The molecule has 0 radical (unpaired) electrons. The lowest BCUT2D eigenvalue weighted by molar-refractivity contribution is 0.197. The minimum Gasteiger partial charge on any atom is -0.326 e. The Balaban J connectivity index is 2.83. The minimum atomic E-state index is 0.145. The molecule has 2 unspecified atom stereocenters. The van der Waals surface area contributed by atoms with Crippen molar-refractivity contribution in [3.05, 3.63) is 35.9 Å². The summed E-state index contributed by atoms with van der Waals surface area (Å²) in [5.74, 6) is 0.662. The van der Waals surface area contributed by atoms with Crippen LogP contribution in [0.25, 0.3) is 0 Å². The van der Waals surface area contributed by atoms with Gasteiger partial charge in [0, 0.05) is 18.6 Å².